The molecule has 21 heavy (non-hydrogen) atoms. The second-order valence-corrected chi connectivity index (χ2v) is 4.92. The Kier molecular flexibility index (Phi) is 5.66. The molecule has 2 N–H and O–H groups in total. The minimum absolute atomic E-state index is 0.0137. The highest BCUT2D eigenvalue weighted by molar-refractivity contribution is 5.78. The van der Waals surface area contributed by atoms with Gasteiger partial charge >= 0.3 is 5.97 Å². The van der Waals surface area contributed by atoms with E-state index in [9.17, 15) is 20.0 Å². The zero-order valence-electron chi connectivity index (χ0n) is 12.4. The minimum Gasteiger partial charge on any atom is -0.493 e. The number of nitro groups is 1. The molecule has 1 atom stereocenters. The maximum Gasteiger partial charge on any atom is 0.323 e. The van der Waals surface area contributed by atoms with Gasteiger partial charge < -0.3 is 15.2 Å². The van der Waals surface area contributed by atoms with Gasteiger partial charge in [-0.25, -0.2) is 0 Å². The third kappa shape index (κ3) is 4.16. The molecule has 0 heterocycles. The molecule has 1 unspecified atom stereocenters. The van der Waals surface area contributed by atoms with Crippen LogP contribution in [0.25, 0.3) is 0 Å². The number of ether oxygens (including phenoxy) is 1. The van der Waals surface area contributed by atoms with Crippen LogP contribution in [-0.4, -0.2) is 34.7 Å². The molecule has 116 valence electrons. The standard InChI is InChI=1S/C14H20N2O5/c1-4-15-14(3,13(17)18)8-9-21-12-7-5-6-11(10(12)2)16(19)20/h5-7,15H,4,8-9H2,1-3H3,(H,17,18). The molecule has 7 nitrogen and oxygen atoms in total. The van der Waals surface area contributed by atoms with Crippen molar-refractivity contribution in [1.82, 2.24) is 5.32 Å². The highest BCUT2D eigenvalue weighted by Crippen LogP contribution is 2.27. The number of rotatable bonds is 8. The predicted molar refractivity (Wildman–Crippen MR) is 77.7 cm³/mol. The summed E-state index contributed by atoms with van der Waals surface area (Å²) in [6, 6.07) is 4.58. The van der Waals surface area contributed by atoms with Crippen LogP contribution in [-0.2, 0) is 4.79 Å². The Balaban J connectivity index is 2.74. The van der Waals surface area contributed by atoms with E-state index in [1.54, 1.807) is 26.0 Å². The van der Waals surface area contributed by atoms with E-state index in [2.05, 4.69) is 5.32 Å². The summed E-state index contributed by atoms with van der Waals surface area (Å²) in [5.41, 5.74) is -0.660. The normalized spacial score (nSPS) is 13.5. The first kappa shape index (κ1) is 16.9. The number of hydrogen-bond acceptors (Lipinski definition) is 5. The Morgan fingerprint density at radius 2 is 2.19 bits per heavy atom. The van der Waals surface area contributed by atoms with E-state index in [0.717, 1.165) is 0 Å². The van der Waals surface area contributed by atoms with Gasteiger partial charge in [-0.15, -0.1) is 0 Å². The number of nitro benzene ring substituents is 1. The molecule has 0 spiro atoms. The van der Waals surface area contributed by atoms with Crippen LogP contribution in [0.2, 0.25) is 0 Å². The third-order valence-electron chi connectivity index (χ3n) is 3.35. The first-order valence-corrected chi connectivity index (χ1v) is 6.67. The summed E-state index contributed by atoms with van der Waals surface area (Å²) in [5.74, 6) is -0.558. The second kappa shape index (κ2) is 7.03. The SMILES string of the molecule is CCNC(C)(CCOc1cccc([N+](=O)[O-])c1C)C(=O)O. The maximum absolute atomic E-state index is 11.3. The van der Waals surface area contributed by atoms with Crippen molar-refractivity contribution in [3.05, 3.63) is 33.9 Å². The van der Waals surface area contributed by atoms with E-state index in [1.165, 1.54) is 6.07 Å². The number of likely N-dealkylation sites (N-methyl/N-ethyl adjacent to an activating group) is 1. The summed E-state index contributed by atoms with van der Waals surface area (Å²) in [5, 5.41) is 23.0. The highest BCUT2D eigenvalue weighted by Gasteiger charge is 2.31. The largest absolute Gasteiger partial charge is 0.493 e. The molecule has 0 fully saturated rings. The number of carboxylic acids is 1. The van der Waals surface area contributed by atoms with Gasteiger partial charge in [-0.3, -0.25) is 14.9 Å². The third-order valence-corrected chi connectivity index (χ3v) is 3.35. The van der Waals surface area contributed by atoms with Gasteiger partial charge in [-0.1, -0.05) is 13.0 Å². The summed E-state index contributed by atoms with van der Waals surface area (Å²) in [4.78, 5) is 21.6. The van der Waals surface area contributed by atoms with Crippen molar-refractivity contribution in [3.8, 4) is 5.75 Å². The van der Waals surface area contributed by atoms with E-state index in [-0.39, 0.29) is 18.7 Å². The molecule has 0 radical (unpaired) electrons. The maximum atomic E-state index is 11.3. The lowest BCUT2D eigenvalue weighted by atomic mass is 9.98. The quantitative estimate of drug-likeness (QED) is 0.563. The number of nitrogens with one attached hydrogen (secondary N) is 1. The van der Waals surface area contributed by atoms with Gasteiger partial charge in [0.2, 0.25) is 0 Å². The van der Waals surface area contributed by atoms with E-state index >= 15 is 0 Å². The Bertz CT molecular complexity index is 532. The molecule has 0 aliphatic heterocycles. The van der Waals surface area contributed by atoms with Crippen LogP contribution in [0, 0.1) is 17.0 Å². The lowest BCUT2D eigenvalue weighted by Gasteiger charge is -2.25. The lowest BCUT2D eigenvalue weighted by Crippen LogP contribution is -2.50. The van der Waals surface area contributed by atoms with E-state index < -0.39 is 16.4 Å². The van der Waals surface area contributed by atoms with Crippen molar-refractivity contribution in [2.45, 2.75) is 32.7 Å². The Labute approximate surface area is 123 Å². The molecular formula is C14H20N2O5. The van der Waals surface area contributed by atoms with Gasteiger partial charge in [0.1, 0.15) is 11.3 Å². The average molecular weight is 296 g/mol. The number of carbonyl (C=O) groups is 1. The molecule has 1 rings (SSSR count). The van der Waals surface area contributed by atoms with E-state index in [4.69, 9.17) is 4.74 Å². The topological polar surface area (TPSA) is 102 Å². The zero-order valence-corrected chi connectivity index (χ0v) is 12.4. The number of benzene rings is 1. The van der Waals surface area contributed by atoms with E-state index in [1.807, 2.05) is 6.92 Å². The van der Waals surface area contributed by atoms with Gasteiger partial charge in [0.15, 0.2) is 0 Å². The second-order valence-electron chi connectivity index (χ2n) is 4.92. The van der Waals surface area contributed by atoms with Crippen LogP contribution in [0.4, 0.5) is 5.69 Å². The van der Waals surface area contributed by atoms with Crippen molar-refractivity contribution in [2.24, 2.45) is 0 Å². The fourth-order valence-electron chi connectivity index (χ4n) is 1.98. The highest BCUT2D eigenvalue weighted by atomic mass is 16.6. The van der Waals surface area contributed by atoms with Crippen LogP contribution in [0.15, 0.2) is 18.2 Å². The first-order valence-electron chi connectivity index (χ1n) is 6.67. The van der Waals surface area contributed by atoms with Crippen LogP contribution < -0.4 is 10.1 Å². The molecule has 0 amide bonds. The summed E-state index contributed by atoms with van der Waals surface area (Å²) in [7, 11) is 0. The van der Waals surface area contributed by atoms with Crippen molar-refractivity contribution in [2.75, 3.05) is 13.2 Å². The van der Waals surface area contributed by atoms with Crippen LogP contribution >= 0.6 is 0 Å². The van der Waals surface area contributed by atoms with Crippen LogP contribution in [0.3, 0.4) is 0 Å². The van der Waals surface area contributed by atoms with Crippen LogP contribution in [0.5, 0.6) is 5.75 Å². The molecule has 1 aromatic carbocycles. The number of carboxylic acid groups (broad SMARTS) is 1. The molecule has 0 saturated carbocycles. The van der Waals surface area contributed by atoms with Crippen molar-refractivity contribution in [3.63, 3.8) is 0 Å². The number of nitrogens with zero attached hydrogens (tertiary/aromatic N) is 1. The molecule has 0 saturated heterocycles. The Morgan fingerprint density at radius 1 is 1.52 bits per heavy atom. The summed E-state index contributed by atoms with van der Waals surface area (Å²) < 4.78 is 5.51. The van der Waals surface area contributed by atoms with Gasteiger partial charge in [0, 0.05) is 12.5 Å². The van der Waals surface area contributed by atoms with Crippen molar-refractivity contribution < 1.29 is 19.6 Å². The number of hydrogen-bond donors (Lipinski definition) is 2. The Hall–Kier alpha value is -2.15. The average Bonchev–Trinajstić information content (AvgIpc) is 2.40. The predicted octanol–water partition coefficient (Wildman–Crippen LogP) is 2.12. The summed E-state index contributed by atoms with van der Waals surface area (Å²) in [6.07, 6.45) is 0.248. The van der Waals surface area contributed by atoms with Crippen molar-refractivity contribution in [1.29, 1.82) is 0 Å². The van der Waals surface area contributed by atoms with Gasteiger partial charge in [0.05, 0.1) is 17.1 Å². The van der Waals surface area contributed by atoms with E-state index in [0.29, 0.717) is 17.9 Å². The summed E-state index contributed by atoms with van der Waals surface area (Å²) in [6.45, 7) is 5.69. The smallest absolute Gasteiger partial charge is 0.323 e. The molecule has 0 aliphatic rings. The van der Waals surface area contributed by atoms with Gasteiger partial charge in [0.25, 0.3) is 5.69 Å². The molecule has 0 aromatic heterocycles. The molecule has 7 heteroatoms. The lowest BCUT2D eigenvalue weighted by molar-refractivity contribution is -0.385. The Morgan fingerprint density at radius 3 is 2.71 bits per heavy atom. The first-order chi connectivity index (χ1) is 9.81. The van der Waals surface area contributed by atoms with Gasteiger partial charge in [-0.05, 0) is 26.5 Å². The monoisotopic (exact) mass is 296 g/mol. The summed E-state index contributed by atoms with van der Waals surface area (Å²) >= 11 is 0. The fraction of sp³-hybridized carbons (Fsp3) is 0.500. The number of aliphatic carboxylic acids is 1. The van der Waals surface area contributed by atoms with Crippen molar-refractivity contribution >= 4 is 11.7 Å². The zero-order chi connectivity index (χ0) is 16.0. The minimum atomic E-state index is -1.08. The molecule has 0 aliphatic carbocycles. The van der Waals surface area contributed by atoms with Gasteiger partial charge in [-0.2, -0.15) is 0 Å². The van der Waals surface area contributed by atoms with Crippen LogP contribution in [0.1, 0.15) is 25.8 Å². The molecule has 0 bridgehead atoms. The fourth-order valence-corrected chi connectivity index (χ4v) is 1.98. The molecule has 1 aromatic rings. The molecular weight excluding hydrogens is 276 g/mol.